The van der Waals surface area contributed by atoms with Gasteiger partial charge in [-0.15, -0.1) is 6.58 Å². The second kappa shape index (κ2) is 7.24. The highest BCUT2D eigenvalue weighted by molar-refractivity contribution is 6.80. The predicted molar refractivity (Wildman–Crippen MR) is 69.7 cm³/mol. The Balaban J connectivity index is 4.24. The summed E-state index contributed by atoms with van der Waals surface area (Å²) in [7, 11) is 3.36. The van der Waals surface area contributed by atoms with Gasteiger partial charge in [0.1, 0.15) is 0 Å². The van der Waals surface area contributed by atoms with E-state index >= 15 is 0 Å². The molecule has 0 aromatic carbocycles. The van der Waals surface area contributed by atoms with Crippen LogP contribution in [0.15, 0.2) is 12.7 Å². The molecule has 0 amide bonds. The van der Waals surface area contributed by atoms with E-state index in [0.717, 1.165) is 0 Å². The number of hydrogen-bond acceptors (Lipinski definition) is 1. The van der Waals surface area contributed by atoms with Crippen molar-refractivity contribution in [3.8, 4) is 0 Å². The Hall–Kier alpha value is -0.0831. The predicted octanol–water partition coefficient (Wildman–Crippen LogP) is 3.61. The molecule has 0 saturated carbocycles. The molecule has 0 bridgehead atoms. The van der Waals surface area contributed by atoms with Gasteiger partial charge in [-0.3, -0.25) is 0 Å². The molecule has 0 aliphatic carbocycles. The zero-order valence-corrected chi connectivity index (χ0v) is 11.5. The minimum atomic E-state index is -0.992. The van der Waals surface area contributed by atoms with Crippen molar-refractivity contribution in [3.63, 3.8) is 0 Å². The Morgan fingerprint density at radius 3 is 2.21 bits per heavy atom. The summed E-state index contributed by atoms with van der Waals surface area (Å²) >= 11 is 0. The standard InChI is InChI=1S/C12H27NSi/c1-6-10-14(8-3,11-7-2)12-9-13(4)5/h6H,1,7-12H2,2-5H3. The van der Waals surface area contributed by atoms with Gasteiger partial charge in [0.2, 0.25) is 0 Å². The van der Waals surface area contributed by atoms with E-state index in [-0.39, 0.29) is 0 Å². The van der Waals surface area contributed by atoms with Crippen LogP contribution >= 0.6 is 0 Å². The third kappa shape index (κ3) is 4.96. The van der Waals surface area contributed by atoms with E-state index in [1.54, 1.807) is 0 Å². The summed E-state index contributed by atoms with van der Waals surface area (Å²) < 4.78 is 0. The van der Waals surface area contributed by atoms with Crippen molar-refractivity contribution in [3.05, 3.63) is 12.7 Å². The number of allylic oxidation sites excluding steroid dienone is 1. The van der Waals surface area contributed by atoms with Gasteiger partial charge < -0.3 is 4.90 Å². The van der Waals surface area contributed by atoms with Crippen LogP contribution in [0.4, 0.5) is 0 Å². The van der Waals surface area contributed by atoms with Crippen LogP contribution in [0.25, 0.3) is 0 Å². The summed E-state index contributed by atoms with van der Waals surface area (Å²) in [6.07, 6.45) is 3.50. The van der Waals surface area contributed by atoms with Gasteiger partial charge in [-0.1, -0.05) is 38.4 Å². The highest BCUT2D eigenvalue weighted by Gasteiger charge is 2.27. The molecule has 0 saturated heterocycles. The van der Waals surface area contributed by atoms with Gasteiger partial charge in [-0.2, -0.15) is 0 Å². The Labute approximate surface area is 91.2 Å². The summed E-state index contributed by atoms with van der Waals surface area (Å²) in [5.74, 6) is 0. The van der Waals surface area contributed by atoms with E-state index < -0.39 is 8.07 Å². The van der Waals surface area contributed by atoms with Gasteiger partial charge in [-0.05, 0) is 32.7 Å². The molecule has 0 N–H and O–H groups in total. The Morgan fingerprint density at radius 1 is 1.21 bits per heavy atom. The number of rotatable bonds is 8. The van der Waals surface area contributed by atoms with Crippen LogP contribution in [-0.4, -0.2) is 33.6 Å². The molecule has 14 heavy (non-hydrogen) atoms. The van der Waals surface area contributed by atoms with E-state index in [2.05, 4.69) is 45.5 Å². The lowest BCUT2D eigenvalue weighted by atomic mass is 10.6. The van der Waals surface area contributed by atoms with Crippen molar-refractivity contribution in [1.82, 2.24) is 4.90 Å². The van der Waals surface area contributed by atoms with Gasteiger partial charge in [0.25, 0.3) is 0 Å². The third-order valence-corrected chi connectivity index (χ3v) is 8.70. The van der Waals surface area contributed by atoms with E-state index in [0.29, 0.717) is 0 Å². The summed E-state index contributed by atoms with van der Waals surface area (Å²) in [4.78, 5) is 2.32. The maximum absolute atomic E-state index is 3.92. The Morgan fingerprint density at radius 2 is 1.86 bits per heavy atom. The average molecular weight is 213 g/mol. The van der Waals surface area contributed by atoms with E-state index in [1.165, 1.54) is 37.1 Å². The lowest BCUT2D eigenvalue weighted by molar-refractivity contribution is 0.430. The molecule has 0 aliphatic heterocycles. The van der Waals surface area contributed by atoms with Crippen LogP contribution in [0.3, 0.4) is 0 Å². The fraction of sp³-hybridized carbons (Fsp3) is 0.833. The van der Waals surface area contributed by atoms with Crippen LogP contribution in [0.2, 0.25) is 24.2 Å². The molecule has 0 aromatic heterocycles. The van der Waals surface area contributed by atoms with Crippen molar-refractivity contribution >= 4 is 8.07 Å². The lowest BCUT2D eigenvalue weighted by Crippen LogP contribution is -2.35. The molecule has 1 atom stereocenters. The smallest absolute Gasteiger partial charge is 0.0583 e. The number of nitrogens with zero attached hydrogens (tertiary/aromatic N) is 1. The van der Waals surface area contributed by atoms with Crippen molar-refractivity contribution in [2.45, 2.75) is 44.4 Å². The summed E-state index contributed by atoms with van der Waals surface area (Å²) in [6.45, 7) is 9.87. The molecule has 0 aliphatic rings. The molecule has 1 unspecified atom stereocenters. The fourth-order valence-corrected chi connectivity index (χ4v) is 6.37. The van der Waals surface area contributed by atoms with Crippen molar-refractivity contribution in [2.24, 2.45) is 0 Å². The second-order valence-electron chi connectivity index (χ2n) is 4.65. The zero-order chi connectivity index (χ0) is 11.0. The first-order chi connectivity index (χ1) is 6.60. The highest BCUT2D eigenvalue weighted by atomic mass is 28.3. The molecule has 0 radical (unpaired) electrons. The number of hydrogen-bond donors (Lipinski definition) is 0. The van der Waals surface area contributed by atoms with E-state index in [4.69, 9.17) is 0 Å². The van der Waals surface area contributed by atoms with Crippen LogP contribution in [0.1, 0.15) is 20.3 Å². The first-order valence-corrected chi connectivity index (χ1v) is 8.68. The fourth-order valence-electron chi connectivity index (χ4n) is 2.12. The van der Waals surface area contributed by atoms with Gasteiger partial charge in [0.05, 0.1) is 8.07 Å². The van der Waals surface area contributed by atoms with Crippen molar-refractivity contribution in [2.75, 3.05) is 20.6 Å². The maximum atomic E-state index is 3.92. The van der Waals surface area contributed by atoms with Crippen molar-refractivity contribution in [1.29, 1.82) is 0 Å². The summed E-state index contributed by atoms with van der Waals surface area (Å²) in [6, 6.07) is 5.64. The molecule has 1 nitrogen and oxygen atoms in total. The summed E-state index contributed by atoms with van der Waals surface area (Å²) in [5.41, 5.74) is 0. The second-order valence-corrected chi connectivity index (χ2v) is 9.76. The van der Waals surface area contributed by atoms with Gasteiger partial charge in [0.15, 0.2) is 0 Å². The van der Waals surface area contributed by atoms with Crippen LogP contribution in [0.5, 0.6) is 0 Å². The average Bonchev–Trinajstić information content (AvgIpc) is 2.15. The Bertz CT molecular complexity index is 156. The van der Waals surface area contributed by atoms with Crippen LogP contribution in [0, 0.1) is 0 Å². The Kier molecular flexibility index (Phi) is 7.20. The van der Waals surface area contributed by atoms with Gasteiger partial charge in [0, 0.05) is 0 Å². The van der Waals surface area contributed by atoms with Gasteiger partial charge >= 0.3 is 0 Å². The maximum Gasteiger partial charge on any atom is 0.0583 e. The first kappa shape index (κ1) is 13.9. The minimum absolute atomic E-state index is 0.992. The molecule has 0 spiro atoms. The lowest BCUT2D eigenvalue weighted by Gasteiger charge is -2.30. The molecule has 0 heterocycles. The zero-order valence-electron chi connectivity index (χ0n) is 10.5. The molecular weight excluding hydrogens is 186 g/mol. The third-order valence-electron chi connectivity index (χ3n) is 3.20. The molecular formula is C12H27NSi. The molecule has 84 valence electrons. The summed E-state index contributed by atoms with van der Waals surface area (Å²) in [5, 5.41) is 0. The van der Waals surface area contributed by atoms with Crippen LogP contribution < -0.4 is 0 Å². The SMILES string of the molecule is C=CC[Si](CC)(CCC)CCN(C)C. The molecule has 0 fully saturated rings. The molecule has 0 rings (SSSR count). The molecule has 2 heteroatoms. The highest BCUT2D eigenvalue weighted by Crippen LogP contribution is 2.27. The van der Waals surface area contributed by atoms with E-state index in [9.17, 15) is 0 Å². The van der Waals surface area contributed by atoms with Crippen LogP contribution in [-0.2, 0) is 0 Å². The quantitative estimate of drug-likeness (QED) is 0.440. The van der Waals surface area contributed by atoms with Crippen molar-refractivity contribution < 1.29 is 0 Å². The largest absolute Gasteiger partial charge is 0.310 e. The van der Waals surface area contributed by atoms with E-state index in [1.807, 2.05) is 0 Å². The normalized spacial score (nSPS) is 15.5. The van der Waals surface area contributed by atoms with Gasteiger partial charge in [-0.25, -0.2) is 0 Å². The minimum Gasteiger partial charge on any atom is -0.310 e. The molecule has 0 aromatic rings. The topological polar surface area (TPSA) is 3.24 Å². The monoisotopic (exact) mass is 213 g/mol. The first-order valence-electron chi connectivity index (χ1n) is 5.86.